The molecule has 0 aromatic heterocycles. The zero-order chi connectivity index (χ0) is 14.0. The van der Waals surface area contributed by atoms with Crippen LogP contribution in [0.5, 0.6) is 0 Å². The molecule has 0 rings (SSSR count). The predicted octanol–water partition coefficient (Wildman–Crippen LogP) is -1.53. The molecule has 0 fully saturated rings. The van der Waals surface area contributed by atoms with E-state index in [-0.39, 0.29) is 11.9 Å². The minimum Gasteiger partial charge on any atom is -0.478 e. The van der Waals surface area contributed by atoms with Crippen molar-refractivity contribution in [2.45, 2.75) is 0 Å². The van der Waals surface area contributed by atoms with Crippen LogP contribution in [0.1, 0.15) is 0 Å². The summed E-state index contributed by atoms with van der Waals surface area (Å²) in [6, 6.07) is 0. The average molecular weight is 245 g/mol. The molecular weight excluding hydrogens is 230 g/mol. The van der Waals surface area contributed by atoms with Crippen LogP contribution in [0, 0.1) is 5.41 Å². The first-order chi connectivity index (χ1) is 7.66. The van der Waals surface area contributed by atoms with Gasteiger partial charge in [-0.25, -0.2) is 9.59 Å². The summed E-state index contributed by atoms with van der Waals surface area (Å²) < 4.78 is 0. The van der Waals surface area contributed by atoms with Gasteiger partial charge in [0.05, 0.1) is 0 Å². The molecule has 0 aromatic rings. The third kappa shape index (κ3) is 16.1. The Bertz CT molecular complexity index is 332. The molecule has 0 aromatic carbocycles. The van der Waals surface area contributed by atoms with Gasteiger partial charge in [-0.2, -0.15) is 4.99 Å². The van der Waals surface area contributed by atoms with Crippen molar-refractivity contribution in [1.29, 1.82) is 5.41 Å². The van der Waals surface area contributed by atoms with Gasteiger partial charge in [0, 0.05) is 26.2 Å². The molecular formula is C8H15N5O4. The molecule has 0 saturated heterocycles. The molecule has 0 amide bonds. The predicted molar refractivity (Wildman–Crippen MR) is 61.6 cm³/mol. The standard InChI is InChI=1S/C4H11N5.C4H4O4/c1-9(2)4(7)8-3(5)6;5-3(6)1-2-4(7)8/h1-2H3,(H5,5,6,7,8);1-2H,(H,5,6)(H,7,8)/b;2-1+. The number of nitrogens with one attached hydrogen (secondary N) is 1. The fourth-order valence-corrected chi connectivity index (χ4v) is 0.366. The van der Waals surface area contributed by atoms with E-state index < -0.39 is 11.9 Å². The van der Waals surface area contributed by atoms with Gasteiger partial charge in [-0.15, -0.1) is 0 Å². The topological polar surface area (TPSA) is 166 Å². The maximum Gasteiger partial charge on any atom is 0.328 e. The van der Waals surface area contributed by atoms with Crippen LogP contribution in [0.25, 0.3) is 0 Å². The number of hydrogen-bond donors (Lipinski definition) is 5. The van der Waals surface area contributed by atoms with E-state index >= 15 is 0 Å². The molecule has 0 atom stereocenters. The van der Waals surface area contributed by atoms with Gasteiger partial charge in [0.15, 0.2) is 5.96 Å². The smallest absolute Gasteiger partial charge is 0.328 e. The van der Waals surface area contributed by atoms with Gasteiger partial charge >= 0.3 is 11.9 Å². The number of rotatable bonds is 2. The zero-order valence-electron chi connectivity index (χ0n) is 9.41. The highest BCUT2D eigenvalue weighted by molar-refractivity contribution is 5.91. The van der Waals surface area contributed by atoms with E-state index in [0.717, 1.165) is 0 Å². The number of carboxylic acids is 2. The first-order valence-corrected chi connectivity index (χ1v) is 4.16. The normalized spacial score (nSPS) is 10.4. The van der Waals surface area contributed by atoms with E-state index in [2.05, 4.69) is 4.99 Å². The van der Waals surface area contributed by atoms with E-state index in [1.807, 2.05) is 0 Å². The number of aliphatic carboxylic acids is 2. The molecule has 0 bridgehead atoms. The number of nitrogens with zero attached hydrogens (tertiary/aromatic N) is 2. The van der Waals surface area contributed by atoms with Crippen LogP contribution in [-0.2, 0) is 9.59 Å². The molecule has 0 heterocycles. The number of hydrogen-bond acceptors (Lipinski definition) is 3. The molecule has 0 aliphatic rings. The Labute approximate surface area is 97.5 Å². The van der Waals surface area contributed by atoms with Crippen LogP contribution in [0.4, 0.5) is 0 Å². The number of carboxylic acid groups (broad SMARTS) is 2. The lowest BCUT2D eigenvalue weighted by atomic mass is 10.5. The monoisotopic (exact) mass is 245 g/mol. The molecule has 7 N–H and O–H groups in total. The van der Waals surface area contributed by atoms with Crippen molar-refractivity contribution in [2.24, 2.45) is 16.5 Å². The molecule has 0 aliphatic heterocycles. The number of carbonyl (C=O) groups is 2. The summed E-state index contributed by atoms with van der Waals surface area (Å²) in [5.74, 6) is -2.55. The van der Waals surface area contributed by atoms with Crippen LogP contribution in [0.15, 0.2) is 17.1 Å². The fourth-order valence-electron chi connectivity index (χ4n) is 0.366. The van der Waals surface area contributed by atoms with Crippen molar-refractivity contribution >= 4 is 23.9 Å². The number of nitrogens with two attached hydrogens (primary N) is 2. The van der Waals surface area contributed by atoms with Crippen LogP contribution in [0.3, 0.4) is 0 Å². The van der Waals surface area contributed by atoms with Gasteiger partial charge in [-0.3, -0.25) is 5.41 Å². The molecule has 0 aliphatic carbocycles. The van der Waals surface area contributed by atoms with Crippen molar-refractivity contribution in [3.8, 4) is 0 Å². The molecule has 9 nitrogen and oxygen atoms in total. The molecule has 0 spiro atoms. The van der Waals surface area contributed by atoms with Crippen LogP contribution in [-0.4, -0.2) is 53.1 Å². The van der Waals surface area contributed by atoms with Crippen LogP contribution >= 0.6 is 0 Å². The maximum absolute atomic E-state index is 9.55. The van der Waals surface area contributed by atoms with Crippen molar-refractivity contribution in [3.63, 3.8) is 0 Å². The van der Waals surface area contributed by atoms with Gasteiger partial charge in [-0.1, -0.05) is 0 Å². The van der Waals surface area contributed by atoms with Crippen molar-refractivity contribution in [2.75, 3.05) is 14.1 Å². The third-order valence-electron chi connectivity index (χ3n) is 1.06. The van der Waals surface area contributed by atoms with Gasteiger partial charge in [-0.05, 0) is 0 Å². The van der Waals surface area contributed by atoms with Gasteiger partial charge < -0.3 is 26.6 Å². The van der Waals surface area contributed by atoms with Crippen LogP contribution < -0.4 is 11.5 Å². The number of aliphatic imine (C=N–C) groups is 1. The zero-order valence-corrected chi connectivity index (χ0v) is 9.41. The van der Waals surface area contributed by atoms with Crippen molar-refractivity contribution in [1.82, 2.24) is 4.90 Å². The summed E-state index contributed by atoms with van der Waals surface area (Å²) in [5.41, 5.74) is 10.2. The fraction of sp³-hybridized carbons (Fsp3) is 0.250. The Hall–Kier alpha value is -2.58. The Morgan fingerprint density at radius 3 is 1.65 bits per heavy atom. The van der Waals surface area contributed by atoms with Crippen molar-refractivity contribution < 1.29 is 19.8 Å². The van der Waals surface area contributed by atoms with Gasteiger partial charge in [0.2, 0.25) is 5.96 Å². The average Bonchev–Trinajstić information content (AvgIpc) is 2.14. The highest BCUT2D eigenvalue weighted by atomic mass is 16.4. The van der Waals surface area contributed by atoms with Gasteiger partial charge in [0.25, 0.3) is 0 Å². The highest BCUT2D eigenvalue weighted by Crippen LogP contribution is 1.73. The van der Waals surface area contributed by atoms with E-state index in [1.165, 1.54) is 0 Å². The lowest BCUT2D eigenvalue weighted by Gasteiger charge is -2.08. The number of guanidine groups is 2. The van der Waals surface area contributed by atoms with Crippen molar-refractivity contribution in [3.05, 3.63) is 12.2 Å². The summed E-state index contributed by atoms with van der Waals surface area (Å²) in [5, 5.41) is 22.3. The summed E-state index contributed by atoms with van der Waals surface area (Å²) in [4.78, 5) is 24.1. The molecule has 17 heavy (non-hydrogen) atoms. The molecule has 96 valence electrons. The highest BCUT2D eigenvalue weighted by Gasteiger charge is 1.92. The molecule has 0 radical (unpaired) electrons. The van der Waals surface area contributed by atoms with E-state index in [9.17, 15) is 9.59 Å². The summed E-state index contributed by atoms with van der Waals surface area (Å²) in [6.07, 6.45) is 1.12. The summed E-state index contributed by atoms with van der Waals surface area (Å²) in [7, 11) is 3.45. The summed E-state index contributed by atoms with van der Waals surface area (Å²) in [6.45, 7) is 0. The minimum atomic E-state index is -1.26. The summed E-state index contributed by atoms with van der Waals surface area (Å²) >= 11 is 0. The molecule has 0 unspecified atom stereocenters. The van der Waals surface area contributed by atoms with Gasteiger partial charge in [0.1, 0.15) is 0 Å². The first-order valence-electron chi connectivity index (χ1n) is 4.16. The lowest BCUT2D eigenvalue weighted by Crippen LogP contribution is -2.32. The second-order valence-electron chi connectivity index (χ2n) is 2.76. The first kappa shape index (κ1) is 16.8. The Morgan fingerprint density at radius 1 is 1.18 bits per heavy atom. The Morgan fingerprint density at radius 2 is 1.53 bits per heavy atom. The molecule has 0 saturated carbocycles. The van der Waals surface area contributed by atoms with E-state index in [4.69, 9.17) is 27.1 Å². The third-order valence-corrected chi connectivity index (χ3v) is 1.06. The second kappa shape index (κ2) is 8.71. The van der Waals surface area contributed by atoms with E-state index in [0.29, 0.717) is 12.2 Å². The van der Waals surface area contributed by atoms with Crippen LogP contribution in [0.2, 0.25) is 0 Å². The largest absolute Gasteiger partial charge is 0.478 e. The minimum absolute atomic E-state index is 0.238. The Balaban J connectivity index is 0. The maximum atomic E-state index is 9.55. The lowest BCUT2D eigenvalue weighted by molar-refractivity contribution is -0.134. The second-order valence-corrected chi connectivity index (χ2v) is 2.76. The quantitative estimate of drug-likeness (QED) is 0.223. The molecule has 9 heteroatoms. The van der Waals surface area contributed by atoms with E-state index in [1.54, 1.807) is 19.0 Å². The Kier molecular flexibility index (Phi) is 8.62. The SMILES string of the molecule is CN(C)/C(N)=N/C(=N)N.O=C(O)/C=C/C(=O)O.